The molecule has 0 fully saturated rings. The fraction of sp³-hybridized carbons (Fsp3) is 0.611. The number of carbonyl (C=O) groups is 3. The molecule has 0 amide bonds. The SMILES string of the molecule is CC\C=C/C=C\C=C/C=C\C=C\C=C/C=C\CCCCCC(=O)OCC(COC(=O)CCCCCCC/C=C\CCCC)OC(=O)CCCCCCC/C=C\CCCCC. The highest BCUT2D eigenvalue weighted by Crippen LogP contribution is 2.12. The molecule has 0 aliphatic rings. The molecule has 0 aliphatic carbocycles. The molecule has 60 heavy (non-hydrogen) atoms. The zero-order valence-electron chi connectivity index (χ0n) is 38.4. The molecule has 1 unspecified atom stereocenters. The number of hydrogen-bond acceptors (Lipinski definition) is 6. The summed E-state index contributed by atoms with van der Waals surface area (Å²) in [6, 6.07) is 0. The Balaban J connectivity index is 4.51. The van der Waals surface area contributed by atoms with Crippen molar-refractivity contribution >= 4 is 17.9 Å². The minimum absolute atomic E-state index is 0.103. The monoisotopic (exact) mass is 831 g/mol. The highest BCUT2D eigenvalue weighted by Gasteiger charge is 2.19. The first kappa shape index (κ1) is 56.1. The number of carbonyl (C=O) groups excluding carboxylic acids is 3. The third kappa shape index (κ3) is 45.2. The Morgan fingerprint density at radius 3 is 1.13 bits per heavy atom. The number of rotatable bonds is 41. The van der Waals surface area contributed by atoms with Crippen molar-refractivity contribution in [3.63, 3.8) is 0 Å². The van der Waals surface area contributed by atoms with Gasteiger partial charge in [0.15, 0.2) is 6.10 Å². The zero-order chi connectivity index (χ0) is 43.7. The van der Waals surface area contributed by atoms with Crippen molar-refractivity contribution in [3.05, 3.63) is 109 Å². The lowest BCUT2D eigenvalue weighted by molar-refractivity contribution is -0.167. The van der Waals surface area contributed by atoms with E-state index in [-0.39, 0.29) is 31.1 Å². The quantitative estimate of drug-likeness (QED) is 0.0201. The smallest absolute Gasteiger partial charge is 0.306 e. The van der Waals surface area contributed by atoms with Crippen LogP contribution in [0.25, 0.3) is 0 Å². The van der Waals surface area contributed by atoms with Gasteiger partial charge in [-0.3, -0.25) is 14.4 Å². The molecule has 338 valence electrons. The largest absolute Gasteiger partial charge is 0.462 e. The normalized spacial score (nSPS) is 13.1. The summed E-state index contributed by atoms with van der Waals surface area (Å²) in [5.41, 5.74) is 0. The second-order valence-electron chi connectivity index (χ2n) is 15.5. The van der Waals surface area contributed by atoms with Gasteiger partial charge in [0, 0.05) is 19.3 Å². The van der Waals surface area contributed by atoms with E-state index in [1.54, 1.807) is 0 Å². The second-order valence-corrected chi connectivity index (χ2v) is 15.5. The van der Waals surface area contributed by atoms with Crippen molar-refractivity contribution in [1.82, 2.24) is 0 Å². The maximum atomic E-state index is 12.7. The van der Waals surface area contributed by atoms with Crippen molar-refractivity contribution in [2.24, 2.45) is 0 Å². The Morgan fingerprint density at radius 2 is 0.683 bits per heavy atom. The Labute approximate surface area is 368 Å². The summed E-state index contributed by atoms with van der Waals surface area (Å²) in [5.74, 6) is -0.978. The minimum atomic E-state index is -0.804. The van der Waals surface area contributed by atoms with Gasteiger partial charge in [0.05, 0.1) is 0 Å². The van der Waals surface area contributed by atoms with Crippen LogP contribution in [0.3, 0.4) is 0 Å². The van der Waals surface area contributed by atoms with Crippen molar-refractivity contribution < 1.29 is 28.6 Å². The molecule has 0 aliphatic heterocycles. The topological polar surface area (TPSA) is 78.9 Å². The zero-order valence-corrected chi connectivity index (χ0v) is 38.4. The van der Waals surface area contributed by atoms with Crippen LogP contribution in [0.15, 0.2) is 109 Å². The lowest BCUT2D eigenvalue weighted by atomic mass is 10.1. The molecule has 1 atom stereocenters. The van der Waals surface area contributed by atoms with Crippen molar-refractivity contribution in [2.45, 2.75) is 200 Å². The molecule has 0 spiro atoms. The molecule has 0 aromatic rings. The van der Waals surface area contributed by atoms with Crippen LogP contribution < -0.4 is 0 Å². The Kier molecular flexibility index (Phi) is 44.6. The molecule has 0 heterocycles. The highest BCUT2D eigenvalue weighted by atomic mass is 16.6. The molecule has 0 aromatic carbocycles. The first-order valence-electron chi connectivity index (χ1n) is 24.0. The van der Waals surface area contributed by atoms with E-state index in [1.807, 2.05) is 72.9 Å². The van der Waals surface area contributed by atoms with Gasteiger partial charge >= 0.3 is 17.9 Å². The summed E-state index contributed by atoms with van der Waals surface area (Å²) >= 11 is 0. The van der Waals surface area contributed by atoms with Crippen molar-refractivity contribution in [2.75, 3.05) is 13.2 Å². The molecule has 0 saturated carbocycles. The van der Waals surface area contributed by atoms with Crippen LogP contribution in [0.4, 0.5) is 0 Å². The van der Waals surface area contributed by atoms with E-state index >= 15 is 0 Å². The first-order chi connectivity index (χ1) is 29.5. The van der Waals surface area contributed by atoms with Gasteiger partial charge < -0.3 is 14.2 Å². The Morgan fingerprint density at radius 1 is 0.350 bits per heavy atom. The summed E-state index contributed by atoms with van der Waals surface area (Å²) < 4.78 is 16.7. The molecule has 0 bridgehead atoms. The second kappa shape index (κ2) is 47.7. The first-order valence-corrected chi connectivity index (χ1v) is 24.0. The molecule has 0 rings (SSSR count). The summed E-state index contributed by atoms with van der Waals surface area (Å²) in [6.45, 7) is 6.35. The summed E-state index contributed by atoms with van der Waals surface area (Å²) in [4.78, 5) is 37.8. The van der Waals surface area contributed by atoms with E-state index in [0.717, 1.165) is 96.3 Å². The molecule has 6 nitrogen and oxygen atoms in total. The average molecular weight is 831 g/mol. The molecule has 0 aromatic heterocycles. The standard InChI is InChI=1S/C54H86O6/c1-4-7-10-13-16-19-22-24-25-26-27-28-29-30-33-35-38-41-44-47-53(56)59-50-51(49-58-52(55)46-43-40-37-34-31-21-18-15-12-9-6-3)60-54(57)48-45-42-39-36-32-23-20-17-14-11-8-5-2/h7,10,13,15-20,22,24-30,33,51H,4-6,8-9,11-12,14,21,23,31-32,34-50H2,1-3H3/b10-7-,16-13-,18-15-,20-17-,22-19-,25-24-,27-26+,29-28-,33-30-. The van der Waals surface area contributed by atoms with Gasteiger partial charge in [-0.2, -0.15) is 0 Å². The fourth-order valence-electron chi connectivity index (χ4n) is 6.05. The van der Waals surface area contributed by atoms with E-state index in [2.05, 4.69) is 57.2 Å². The van der Waals surface area contributed by atoms with Gasteiger partial charge in [-0.1, -0.05) is 201 Å². The van der Waals surface area contributed by atoms with Crippen molar-refractivity contribution in [3.8, 4) is 0 Å². The predicted molar refractivity (Wildman–Crippen MR) is 256 cm³/mol. The van der Waals surface area contributed by atoms with E-state index in [4.69, 9.17) is 14.2 Å². The van der Waals surface area contributed by atoms with E-state index in [0.29, 0.717) is 19.3 Å². The van der Waals surface area contributed by atoms with Crippen LogP contribution in [-0.2, 0) is 28.6 Å². The van der Waals surface area contributed by atoms with Crippen molar-refractivity contribution in [1.29, 1.82) is 0 Å². The molecule has 0 radical (unpaired) electrons. The maximum absolute atomic E-state index is 12.7. The number of ether oxygens (including phenoxy) is 3. The number of unbranched alkanes of at least 4 members (excludes halogenated alkanes) is 18. The van der Waals surface area contributed by atoms with E-state index in [9.17, 15) is 14.4 Å². The molecule has 0 N–H and O–H groups in total. The number of hydrogen-bond donors (Lipinski definition) is 0. The Hall–Kier alpha value is -3.93. The van der Waals surface area contributed by atoms with Gasteiger partial charge in [0.25, 0.3) is 0 Å². The summed E-state index contributed by atoms with van der Waals surface area (Å²) in [5, 5.41) is 0. The third-order valence-corrected chi connectivity index (χ3v) is 9.68. The van der Waals surface area contributed by atoms with E-state index < -0.39 is 6.10 Å². The Bertz CT molecular complexity index is 1280. The van der Waals surface area contributed by atoms with E-state index in [1.165, 1.54) is 57.8 Å². The molecular weight excluding hydrogens is 745 g/mol. The molecular formula is C54H86O6. The van der Waals surface area contributed by atoms with Gasteiger partial charge in [0.1, 0.15) is 13.2 Å². The lowest BCUT2D eigenvalue weighted by Crippen LogP contribution is -2.30. The molecule has 6 heteroatoms. The van der Waals surface area contributed by atoms with Gasteiger partial charge in [-0.05, 0) is 83.5 Å². The van der Waals surface area contributed by atoms with Crippen LogP contribution in [0.2, 0.25) is 0 Å². The van der Waals surface area contributed by atoms with Crippen LogP contribution in [0.1, 0.15) is 194 Å². The van der Waals surface area contributed by atoms with Crippen LogP contribution in [0.5, 0.6) is 0 Å². The summed E-state index contributed by atoms with van der Waals surface area (Å²) in [7, 11) is 0. The maximum Gasteiger partial charge on any atom is 0.306 e. The average Bonchev–Trinajstić information content (AvgIpc) is 3.24. The predicted octanol–water partition coefficient (Wildman–Crippen LogP) is 15.6. The van der Waals surface area contributed by atoms with Gasteiger partial charge in [0.2, 0.25) is 0 Å². The fourth-order valence-corrected chi connectivity index (χ4v) is 6.05. The van der Waals surface area contributed by atoms with Gasteiger partial charge in [-0.15, -0.1) is 0 Å². The third-order valence-electron chi connectivity index (χ3n) is 9.68. The van der Waals surface area contributed by atoms with Crippen LogP contribution >= 0.6 is 0 Å². The molecule has 0 saturated heterocycles. The number of allylic oxidation sites excluding steroid dienone is 18. The minimum Gasteiger partial charge on any atom is -0.462 e. The highest BCUT2D eigenvalue weighted by molar-refractivity contribution is 5.71. The lowest BCUT2D eigenvalue weighted by Gasteiger charge is -2.18. The van der Waals surface area contributed by atoms with Gasteiger partial charge in [-0.25, -0.2) is 0 Å². The number of esters is 3. The van der Waals surface area contributed by atoms with Crippen LogP contribution in [0, 0.1) is 0 Å². The van der Waals surface area contributed by atoms with Crippen LogP contribution in [-0.4, -0.2) is 37.2 Å². The summed E-state index contributed by atoms with van der Waals surface area (Å²) in [6.07, 6.45) is 63.5.